The highest BCUT2D eigenvalue weighted by atomic mass is 16.5. The first-order valence-electron chi connectivity index (χ1n) is 12.4. The molecule has 2 heterocycles. The molecule has 6 aromatic rings. The molecule has 0 bridgehead atoms. The van der Waals surface area contributed by atoms with E-state index in [0.29, 0.717) is 54.2 Å². The van der Waals surface area contributed by atoms with E-state index in [1.165, 1.54) is 0 Å². The third-order valence-electron chi connectivity index (χ3n) is 7.66. The van der Waals surface area contributed by atoms with Crippen LogP contribution in [0.15, 0.2) is 30.6 Å². The lowest BCUT2D eigenvalue weighted by atomic mass is 9.89. The zero-order chi connectivity index (χ0) is 27.5. The van der Waals surface area contributed by atoms with E-state index in [-0.39, 0.29) is 39.5 Å². The van der Waals surface area contributed by atoms with Gasteiger partial charge in [0.2, 0.25) is 10.9 Å². The zero-order valence-corrected chi connectivity index (χ0v) is 21.7. The Labute approximate surface area is 215 Å². The highest BCUT2D eigenvalue weighted by Gasteiger charge is 2.28. The summed E-state index contributed by atoms with van der Waals surface area (Å²) in [6.07, 6.45) is 0. The Kier molecular flexibility index (Phi) is 4.74. The van der Waals surface area contributed by atoms with Crippen LogP contribution in [-0.2, 0) is 0 Å². The summed E-state index contributed by atoms with van der Waals surface area (Å²) < 4.78 is 11.6. The summed E-state index contributed by atoms with van der Waals surface area (Å²) in [6, 6.07) is 3.66. The SMILES string of the molecule is Cc1cc2c(C(C)C)c(O)c(O)c3c(O)oc(/c1=c1\c(C)cc4c(C(C)C)c(=O)c(=O)c5c(O)oc1c45)c23. The maximum absolute atomic E-state index is 13.0. The maximum atomic E-state index is 13.0. The number of aromatic hydroxyl groups is 4. The first kappa shape index (κ1) is 23.9. The number of aryl methyl sites for hydroxylation is 2. The van der Waals surface area contributed by atoms with Crippen LogP contribution in [0.2, 0.25) is 0 Å². The first-order chi connectivity index (χ1) is 17.9. The van der Waals surface area contributed by atoms with Crippen molar-refractivity contribution in [2.45, 2.75) is 53.4 Å². The molecule has 2 aromatic heterocycles. The van der Waals surface area contributed by atoms with Gasteiger partial charge in [-0.05, 0) is 47.6 Å². The van der Waals surface area contributed by atoms with Gasteiger partial charge in [0.15, 0.2) is 11.5 Å². The third kappa shape index (κ3) is 2.74. The molecule has 0 unspecified atom stereocenters. The second-order valence-corrected chi connectivity index (χ2v) is 10.7. The van der Waals surface area contributed by atoms with E-state index in [9.17, 15) is 30.0 Å². The van der Waals surface area contributed by atoms with Gasteiger partial charge in [-0.3, -0.25) is 9.59 Å². The Morgan fingerprint density at radius 3 is 1.55 bits per heavy atom. The molecule has 0 aliphatic rings. The number of furan rings is 2. The number of phenols is 2. The van der Waals surface area contributed by atoms with E-state index in [4.69, 9.17) is 8.83 Å². The van der Waals surface area contributed by atoms with Crippen molar-refractivity contribution in [1.82, 2.24) is 0 Å². The molecule has 0 spiro atoms. The maximum Gasteiger partial charge on any atom is 0.294 e. The van der Waals surface area contributed by atoms with Crippen LogP contribution in [0.1, 0.15) is 61.8 Å². The molecule has 8 heteroatoms. The number of phenolic OH excluding ortho intramolecular Hbond substituents is 2. The normalized spacial score (nSPS) is 13.5. The lowest BCUT2D eigenvalue weighted by molar-refractivity contribution is 0.347. The average Bonchev–Trinajstić information content (AvgIpc) is 3.34. The fourth-order valence-corrected chi connectivity index (χ4v) is 6.15. The van der Waals surface area contributed by atoms with Gasteiger partial charge in [-0.15, -0.1) is 0 Å². The summed E-state index contributed by atoms with van der Waals surface area (Å²) in [5.41, 5.74) is 1.26. The summed E-state index contributed by atoms with van der Waals surface area (Å²) in [6.45, 7) is 11.1. The van der Waals surface area contributed by atoms with Crippen LogP contribution in [0.25, 0.3) is 43.5 Å². The summed E-state index contributed by atoms with van der Waals surface area (Å²) >= 11 is 0. The molecule has 0 aliphatic carbocycles. The second kappa shape index (κ2) is 7.54. The molecule has 0 aliphatic heterocycles. The molecule has 0 saturated heterocycles. The summed E-state index contributed by atoms with van der Waals surface area (Å²) in [7, 11) is 0. The molecule has 4 aromatic carbocycles. The van der Waals surface area contributed by atoms with Crippen LogP contribution in [0.5, 0.6) is 23.4 Å². The van der Waals surface area contributed by atoms with Gasteiger partial charge < -0.3 is 29.3 Å². The molecule has 0 atom stereocenters. The lowest BCUT2D eigenvalue weighted by Gasteiger charge is -2.15. The summed E-state index contributed by atoms with van der Waals surface area (Å²) in [5.74, 6) is -2.37. The standard InChI is InChI=1S/C30H26O8/c1-9(2)15-13-7-11(5)17(27-19(13)21(29(35)37-27)25(33)23(15)31)18-12(6)8-14-16(10(3)4)24(32)26(34)22-20(14)28(18)38-30(22)36/h7-10,31,33,35-36H,1-6H3/b18-17+. The van der Waals surface area contributed by atoms with Crippen LogP contribution in [0, 0.1) is 24.3 Å². The Balaban J connectivity index is 2.01. The van der Waals surface area contributed by atoms with Gasteiger partial charge in [-0.25, -0.2) is 0 Å². The molecule has 4 N–H and O–H groups in total. The molecule has 194 valence electrons. The number of hydrogen-bond donors (Lipinski definition) is 4. The largest absolute Gasteiger partial charge is 0.504 e. The smallest absolute Gasteiger partial charge is 0.294 e. The van der Waals surface area contributed by atoms with Crippen LogP contribution in [-0.4, -0.2) is 20.4 Å². The number of rotatable bonds is 2. The molecular weight excluding hydrogens is 488 g/mol. The minimum atomic E-state index is -0.821. The molecule has 8 nitrogen and oxygen atoms in total. The van der Waals surface area contributed by atoms with Crippen LogP contribution in [0.3, 0.4) is 0 Å². The topological polar surface area (TPSA) is 141 Å². The van der Waals surface area contributed by atoms with Crippen molar-refractivity contribution in [1.29, 1.82) is 0 Å². The average molecular weight is 515 g/mol. The van der Waals surface area contributed by atoms with Crippen LogP contribution >= 0.6 is 0 Å². The van der Waals surface area contributed by atoms with E-state index < -0.39 is 28.5 Å². The Bertz CT molecular complexity index is 2180. The van der Waals surface area contributed by atoms with E-state index in [1.54, 1.807) is 6.07 Å². The highest BCUT2D eigenvalue weighted by Crippen LogP contribution is 2.51. The van der Waals surface area contributed by atoms with Gasteiger partial charge in [0.05, 0.1) is 0 Å². The molecule has 0 radical (unpaired) electrons. The Morgan fingerprint density at radius 2 is 1.05 bits per heavy atom. The van der Waals surface area contributed by atoms with Crippen molar-refractivity contribution >= 4 is 43.5 Å². The predicted molar refractivity (Wildman–Crippen MR) is 144 cm³/mol. The molecule has 0 fully saturated rings. The van der Waals surface area contributed by atoms with Gasteiger partial charge in [0.1, 0.15) is 21.9 Å². The van der Waals surface area contributed by atoms with E-state index in [2.05, 4.69) is 0 Å². The minimum absolute atomic E-state index is 0.0102. The monoisotopic (exact) mass is 514 g/mol. The van der Waals surface area contributed by atoms with E-state index in [1.807, 2.05) is 47.6 Å². The predicted octanol–water partition coefficient (Wildman–Crippen LogP) is 6.05. The van der Waals surface area contributed by atoms with Gasteiger partial charge >= 0.3 is 0 Å². The first-order valence-corrected chi connectivity index (χ1v) is 12.4. The summed E-state index contributed by atoms with van der Waals surface area (Å²) in [5, 5.41) is 45.8. The molecule has 0 amide bonds. The quantitative estimate of drug-likeness (QED) is 0.162. The molecule has 38 heavy (non-hydrogen) atoms. The fraction of sp³-hybridized carbons (Fsp3) is 0.267. The van der Waals surface area contributed by atoms with E-state index in [0.717, 1.165) is 0 Å². The number of hydrogen-bond acceptors (Lipinski definition) is 8. The molecular formula is C30H26O8. The van der Waals surface area contributed by atoms with Crippen molar-refractivity contribution in [3.63, 3.8) is 0 Å². The van der Waals surface area contributed by atoms with Gasteiger partial charge in [-0.1, -0.05) is 39.8 Å². The lowest BCUT2D eigenvalue weighted by Crippen LogP contribution is -2.28. The fourth-order valence-electron chi connectivity index (χ4n) is 6.15. The minimum Gasteiger partial charge on any atom is -0.504 e. The molecule has 0 saturated carbocycles. The van der Waals surface area contributed by atoms with Crippen molar-refractivity contribution in [2.24, 2.45) is 0 Å². The Hall–Kier alpha value is -4.46. The molecule has 6 rings (SSSR count). The van der Waals surface area contributed by atoms with Crippen molar-refractivity contribution < 1.29 is 29.3 Å². The van der Waals surface area contributed by atoms with Gasteiger partial charge in [0.25, 0.3) is 11.9 Å². The Morgan fingerprint density at radius 1 is 0.605 bits per heavy atom. The van der Waals surface area contributed by atoms with Gasteiger partial charge in [-0.2, -0.15) is 0 Å². The second-order valence-electron chi connectivity index (χ2n) is 10.7. The summed E-state index contributed by atoms with van der Waals surface area (Å²) in [4.78, 5) is 26.0. The number of benzene rings is 4. The van der Waals surface area contributed by atoms with Crippen molar-refractivity contribution in [3.05, 3.63) is 65.3 Å². The van der Waals surface area contributed by atoms with Crippen LogP contribution < -0.4 is 10.9 Å². The van der Waals surface area contributed by atoms with Gasteiger partial charge in [0, 0.05) is 32.3 Å². The van der Waals surface area contributed by atoms with Crippen molar-refractivity contribution in [2.75, 3.05) is 0 Å². The van der Waals surface area contributed by atoms with E-state index >= 15 is 0 Å². The van der Waals surface area contributed by atoms with Crippen molar-refractivity contribution in [3.8, 4) is 23.4 Å². The third-order valence-corrected chi connectivity index (χ3v) is 7.66. The van der Waals surface area contributed by atoms with Crippen LogP contribution in [0.4, 0.5) is 0 Å². The highest BCUT2D eigenvalue weighted by molar-refractivity contribution is 6.17. The zero-order valence-electron chi connectivity index (χ0n) is 21.7.